The third-order valence-corrected chi connectivity index (χ3v) is 4.26. The van der Waals surface area contributed by atoms with Gasteiger partial charge < -0.3 is 19.8 Å². The molecule has 0 aromatic carbocycles. The first kappa shape index (κ1) is 19.5. The van der Waals surface area contributed by atoms with Crippen LogP contribution in [0.5, 0.6) is 0 Å². The van der Waals surface area contributed by atoms with Crippen molar-refractivity contribution >= 4 is 23.5 Å². The molecule has 1 unspecified atom stereocenters. The van der Waals surface area contributed by atoms with Crippen molar-refractivity contribution in [1.29, 1.82) is 0 Å². The van der Waals surface area contributed by atoms with Gasteiger partial charge in [0.2, 0.25) is 5.95 Å². The summed E-state index contributed by atoms with van der Waals surface area (Å²) in [4.78, 5) is 29.0. The predicted octanol–water partition coefficient (Wildman–Crippen LogP) is 0.396. The fraction of sp³-hybridized carbons (Fsp3) is 0.647. The lowest BCUT2D eigenvalue weighted by Gasteiger charge is -2.24. The number of hydrogen-bond acceptors (Lipinski definition) is 7. The van der Waals surface area contributed by atoms with E-state index in [4.69, 9.17) is 4.74 Å². The van der Waals surface area contributed by atoms with Crippen LogP contribution in [0.2, 0.25) is 0 Å². The van der Waals surface area contributed by atoms with Crippen LogP contribution >= 0.6 is 0 Å². The predicted molar refractivity (Wildman–Crippen MR) is 100.0 cm³/mol. The second-order valence-electron chi connectivity index (χ2n) is 8.23. The first-order valence-electron chi connectivity index (χ1n) is 8.76. The smallest absolute Gasteiger partial charge is 0.280 e. The van der Waals surface area contributed by atoms with Crippen molar-refractivity contribution in [2.45, 2.75) is 51.7 Å². The molecule has 1 saturated heterocycles. The lowest BCUT2D eigenvalue weighted by Crippen LogP contribution is -2.33. The van der Waals surface area contributed by atoms with Crippen molar-refractivity contribution in [2.75, 3.05) is 14.1 Å². The highest BCUT2D eigenvalue weighted by atomic mass is 16.6. The normalized spacial score (nSPS) is 26.3. The average molecular weight is 378 g/mol. The van der Waals surface area contributed by atoms with Gasteiger partial charge in [-0.2, -0.15) is 4.98 Å². The Morgan fingerprint density at radius 2 is 2.07 bits per heavy atom. The van der Waals surface area contributed by atoms with Crippen LogP contribution in [-0.4, -0.2) is 73.4 Å². The lowest BCUT2D eigenvalue weighted by atomic mass is 9.87. The highest BCUT2D eigenvalue weighted by Crippen LogP contribution is 2.36. The number of aromatic amines is 1. The van der Waals surface area contributed by atoms with Crippen molar-refractivity contribution in [1.82, 2.24) is 24.4 Å². The molecule has 1 aliphatic heterocycles. The van der Waals surface area contributed by atoms with E-state index in [2.05, 4.69) is 19.9 Å². The number of imidazole rings is 1. The molecule has 3 heterocycles. The molecule has 0 aliphatic carbocycles. The molecule has 4 atom stereocenters. The molecule has 10 heteroatoms. The average Bonchev–Trinajstić information content (AvgIpc) is 3.08. The van der Waals surface area contributed by atoms with Gasteiger partial charge in [-0.25, -0.2) is 9.98 Å². The first-order valence-corrected chi connectivity index (χ1v) is 8.76. The molecule has 0 spiro atoms. The number of aliphatic hydroxyl groups is 2. The van der Waals surface area contributed by atoms with Crippen LogP contribution in [0.15, 0.2) is 16.1 Å². The number of H-pyrrole nitrogens is 1. The molecule has 148 valence electrons. The summed E-state index contributed by atoms with van der Waals surface area (Å²) >= 11 is 0. The van der Waals surface area contributed by atoms with E-state index in [1.165, 1.54) is 17.2 Å². The summed E-state index contributed by atoms with van der Waals surface area (Å²) in [6, 6.07) is 0. The summed E-state index contributed by atoms with van der Waals surface area (Å²) < 4.78 is 7.38. The molecule has 10 nitrogen and oxygen atoms in total. The zero-order chi connectivity index (χ0) is 19.9. The summed E-state index contributed by atoms with van der Waals surface area (Å²) in [5.74, 6) is 0.113. The third-order valence-electron chi connectivity index (χ3n) is 4.26. The summed E-state index contributed by atoms with van der Waals surface area (Å²) in [5.41, 5.74) is -0.176. The molecule has 0 bridgehead atoms. The van der Waals surface area contributed by atoms with Gasteiger partial charge in [-0.05, 0) is 11.8 Å². The first-order chi connectivity index (χ1) is 12.6. The molecule has 0 radical (unpaired) electrons. The molecule has 3 N–H and O–H groups in total. The minimum Gasteiger partial charge on any atom is -0.388 e. The van der Waals surface area contributed by atoms with Crippen molar-refractivity contribution in [2.24, 2.45) is 10.4 Å². The van der Waals surface area contributed by atoms with Gasteiger partial charge in [0, 0.05) is 14.1 Å². The van der Waals surface area contributed by atoms with Gasteiger partial charge in [0.05, 0.1) is 18.8 Å². The molecule has 2 aromatic rings. The van der Waals surface area contributed by atoms with Crippen LogP contribution in [-0.2, 0) is 4.74 Å². The van der Waals surface area contributed by atoms with Crippen molar-refractivity contribution in [3.63, 3.8) is 0 Å². The largest absolute Gasteiger partial charge is 0.388 e. The number of hydrogen-bond donors (Lipinski definition) is 3. The summed E-state index contributed by atoms with van der Waals surface area (Å²) in [7, 11) is 3.59. The van der Waals surface area contributed by atoms with Gasteiger partial charge in [-0.15, -0.1) is 0 Å². The minimum absolute atomic E-state index is 0.0826. The van der Waals surface area contributed by atoms with Crippen LogP contribution in [0.4, 0.5) is 5.95 Å². The molecule has 2 aromatic heterocycles. The Morgan fingerprint density at radius 1 is 1.37 bits per heavy atom. The van der Waals surface area contributed by atoms with Crippen LogP contribution in [0, 0.1) is 5.41 Å². The monoisotopic (exact) mass is 378 g/mol. The van der Waals surface area contributed by atoms with Crippen LogP contribution in [0.25, 0.3) is 11.2 Å². The van der Waals surface area contributed by atoms with E-state index in [0.717, 1.165) is 0 Å². The molecule has 0 amide bonds. The van der Waals surface area contributed by atoms with E-state index in [-0.39, 0.29) is 22.5 Å². The molecule has 1 aliphatic rings. The van der Waals surface area contributed by atoms with Crippen LogP contribution in [0.1, 0.15) is 33.4 Å². The molecular formula is C17H26N6O4. The minimum atomic E-state index is -1.16. The summed E-state index contributed by atoms with van der Waals surface area (Å²) in [6.45, 7) is 6.10. The fourth-order valence-electron chi connectivity index (χ4n) is 3.06. The third kappa shape index (κ3) is 4.02. The van der Waals surface area contributed by atoms with E-state index in [9.17, 15) is 15.0 Å². The SMILES string of the molecule is CN(C)/C=N/c1nc2c(ncn2[C@@H]2O[C@H](CC(C)(C)C)C(O)[C@@H]2O)c(=O)[nH]1. The quantitative estimate of drug-likeness (QED) is 0.519. The highest BCUT2D eigenvalue weighted by molar-refractivity contribution is 5.71. The molecule has 1 fully saturated rings. The van der Waals surface area contributed by atoms with E-state index >= 15 is 0 Å². The molecular weight excluding hydrogens is 352 g/mol. The van der Waals surface area contributed by atoms with Gasteiger partial charge in [0.25, 0.3) is 5.56 Å². The highest BCUT2D eigenvalue weighted by Gasteiger charge is 2.45. The second-order valence-corrected chi connectivity index (χ2v) is 8.23. The second kappa shape index (κ2) is 7.02. The number of ether oxygens (including phenoxy) is 1. The Bertz CT molecular complexity index is 897. The van der Waals surface area contributed by atoms with Gasteiger partial charge in [-0.1, -0.05) is 20.8 Å². The van der Waals surface area contributed by atoms with Gasteiger partial charge in [-0.3, -0.25) is 14.3 Å². The van der Waals surface area contributed by atoms with Crippen LogP contribution < -0.4 is 5.56 Å². The van der Waals surface area contributed by atoms with Gasteiger partial charge in [0.15, 0.2) is 17.4 Å². The molecule has 0 saturated carbocycles. The molecule has 3 rings (SSSR count). The fourth-order valence-corrected chi connectivity index (χ4v) is 3.06. The summed E-state index contributed by atoms with van der Waals surface area (Å²) in [5, 5.41) is 20.9. The standard InChI is InChI=1S/C17H26N6O4/c1-17(2,3)6-9-11(24)12(25)15(27-9)23-8-18-10-13(23)20-16(21-14(10)26)19-7-22(4)5/h7-9,11-12,15,24-25H,6H2,1-5H3,(H,20,21,26)/b19-7+/t9-,11?,12+,15-/m1/s1. The lowest BCUT2D eigenvalue weighted by molar-refractivity contribution is -0.0456. The number of fused-ring (bicyclic) bond motifs is 1. The van der Waals surface area contributed by atoms with Crippen molar-refractivity contribution in [3.8, 4) is 0 Å². The maximum absolute atomic E-state index is 12.3. The Labute approximate surface area is 156 Å². The Balaban J connectivity index is 1.98. The van der Waals surface area contributed by atoms with E-state index < -0.39 is 30.1 Å². The number of aliphatic imine (C=N–C) groups is 1. The van der Waals surface area contributed by atoms with E-state index in [1.54, 1.807) is 19.0 Å². The zero-order valence-corrected chi connectivity index (χ0v) is 16.1. The Kier molecular flexibility index (Phi) is 5.06. The molecule has 27 heavy (non-hydrogen) atoms. The van der Waals surface area contributed by atoms with E-state index in [0.29, 0.717) is 6.42 Å². The van der Waals surface area contributed by atoms with Gasteiger partial charge >= 0.3 is 0 Å². The van der Waals surface area contributed by atoms with E-state index in [1.807, 2.05) is 20.8 Å². The number of aliphatic hydroxyl groups excluding tert-OH is 2. The van der Waals surface area contributed by atoms with Gasteiger partial charge in [0.1, 0.15) is 12.2 Å². The number of aromatic nitrogens is 4. The number of nitrogens with zero attached hydrogens (tertiary/aromatic N) is 5. The number of nitrogens with one attached hydrogen (secondary N) is 1. The Hall–Kier alpha value is -2.30. The van der Waals surface area contributed by atoms with Crippen molar-refractivity contribution < 1.29 is 14.9 Å². The summed E-state index contributed by atoms with van der Waals surface area (Å²) in [6.07, 6.45) is -0.167. The maximum Gasteiger partial charge on any atom is 0.280 e. The topological polar surface area (TPSA) is 129 Å². The van der Waals surface area contributed by atoms with Crippen LogP contribution in [0.3, 0.4) is 0 Å². The number of rotatable bonds is 4. The van der Waals surface area contributed by atoms with Crippen molar-refractivity contribution in [3.05, 3.63) is 16.7 Å². The Morgan fingerprint density at radius 3 is 2.70 bits per heavy atom. The zero-order valence-electron chi connectivity index (χ0n) is 16.1. The maximum atomic E-state index is 12.3.